The van der Waals surface area contributed by atoms with E-state index in [1.165, 1.54) is 22.1 Å². The van der Waals surface area contributed by atoms with Crippen LogP contribution in [0.1, 0.15) is 31.0 Å². The van der Waals surface area contributed by atoms with Gasteiger partial charge in [-0.15, -0.1) is 0 Å². The van der Waals surface area contributed by atoms with Crippen LogP contribution in [0.3, 0.4) is 0 Å². The highest BCUT2D eigenvalue weighted by Gasteiger charge is 2.07. The molecule has 0 saturated heterocycles. The molecule has 0 atom stereocenters. The topological polar surface area (TPSA) is 12.9 Å². The molecular weight excluding hydrogens is 218 g/mol. The maximum absolute atomic E-state index is 4.77. The van der Waals surface area contributed by atoms with Gasteiger partial charge in [0.15, 0.2) is 0 Å². The van der Waals surface area contributed by atoms with Gasteiger partial charge in [0.2, 0.25) is 0 Å². The molecule has 0 N–H and O–H groups in total. The van der Waals surface area contributed by atoms with Gasteiger partial charge in [0.1, 0.15) is 0 Å². The number of hydrogen-bond acceptors (Lipinski definition) is 1. The molecule has 0 unspecified atom stereocenters. The third-order valence-corrected chi connectivity index (χ3v) is 3.53. The summed E-state index contributed by atoms with van der Waals surface area (Å²) in [6.07, 6.45) is 6.67. The average Bonchev–Trinajstić information content (AvgIpc) is 2.39. The monoisotopic (exact) mass is 235 g/mol. The first-order valence-electron chi connectivity index (χ1n) is 6.46. The summed E-state index contributed by atoms with van der Waals surface area (Å²) in [6.45, 7) is 4.30. The van der Waals surface area contributed by atoms with E-state index in [4.69, 9.17) is 4.98 Å². The van der Waals surface area contributed by atoms with E-state index < -0.39 is 0 Å². The van der Waals surface area contributed by atoms with E-state index in [0.29, 0.717) is 0 Å². The van der Waals surface area contributed by atoms with Crippen LogP contribution in [0, 0.1) is 6.92 Å². The fourth-order valence-corrected chi connectivity index (χ4v) is 2.38. The number of pyridine rings is 1. The molecule has 1 aromatic heterocycles. The van der Waals surface area contributed by atoms with E-state index in [0.717, 1.165) is 24.1 Å². The number of hydrogen-bond donors (Lipinski definition) is 0. The Hall–Kier alpha value is -1.89. The maximum atomic E-state index is 4.77. The molecule has 1 heteroatoms. The van der Waals surface area contributed by atoms with Crippen LogP contribution >= 0.6 is 0 Å². The van der Waals surface area contributed by atoms with Gasteiger partial charge in [-0.25, -0.2) is 4.98 Å². The van der Waals surface area contributed by atoms with Crippen molar-refractivity contribution in [1.82, 2.24) is 4.98 Å². The molecule has 1 aliphatic carbocycles. The summed E-state index contributed by atoms with van der Waals surface area (Å²) in [6, 6.07) is 10.7. The summed E-state index contributed by atoms with van der Waals surface area (Å²) < 4.78 is 0. The summed E-state index contributed by atoms with van der Waals surface area (Å²) in [5, 5.41) is 1.22. The Morgan fingerprint density at radius 1 is 0.944 bits per heavy atom. The lowest BCUT2D eigenvalue weighted by molar-refractivity contribution is 0.970. The number of nitrogens with zero attached hydrogens (tertiary/aromatic N) is 1. The quantitative estimate of drug-likeness (QED) is 0.700. The predicted octanol–water partition coefficient (Wildman–Crippen LogP) is 4.67. The van der Waals surface area contributed by atoms with Crippen molar-refractivity contribution in [1.29, 1.82) is 0 Å². The Kier molecular flexibility index (Phi) is 2.75. The minimum Gasteiger partial charge on any atom is -0.248 e. The highest BCUT2D eigenvalue weighted by molar-refractivity contribution is 5.82. The summed E-state index contributed by atoms with van der Waals surface area (Å²) in [5.41, 5.74) is 6.30. The Labute approximate surface area is 108 Å². The molecule has 1 nitrogen and oxygen atoms in total. The summed E-state index contributed by atoms with van der Waals surface area (Å²) in [7, 11) is 0. The molecular formula is C17H17N. The van der Waals surface area contributed by atoms with Crippen molar-refractivity contribution < 1.29 is 0 Å². The average molecular weight is 235 g/mol. The van der Waals surface area contributed by atoms with Crippen molar-refractivity contribution in [3.05, 3.63) is 59.3 Å². The summed E-state index contributed by atoms with van der Waals surface area (Å²) in [4.78, 5) is 4.77. The molecule has 2 aromatic rings. The Morgan fingerprint density at radius 2 is 1.83 bits per heavy atom. The molecule has 18 heavy (non-hydrogen) atoms. The highest BCUT2D eigenvalue weighted by Crippen LogP contribution is 2.26. The van der Waals surface area contributed by atoms with Gasteiger partial charge in [-0.05, 0) is 50.5 Å². The van der Waals surface area contributed by atoms with E-state index in [2.05, 4.69) is 56.3 Å². The van der Waals surface area contributed by atoms with Gasteiger partial charge >= 0.3 is 0 Å². The molecule has 90 valence electrons. The number of aryl methyl sites for hydroxylation is 1. The smallest absolute Gasteiger partial charge is 0.0709 e. The number of aromatic nitrogens is 1. The van der Waals surface area contributed by atoms with Gasteiger partial charge in [0, 0.05) is 5.39 Å². The molecule has 0 fully saturated rings. The van der Waals surface area contributed by atoms with Crippen LogP contribution in [0.4, 0.5) is 0 Å². The van der Waals surface area contributed by atoms with Crippen LogP contribution in [0.5, 0.6) is 0 Å². The minimum absolute atomic E-state index is 1.09. The molecule has 0 spiro atoms. The lowest BCUT2D eigenvalue weighted by atomic mass is 9.96. The van der Waals surface area contributed by atoms with Crippen LogP contribution in [0.15, 0.2) is 48.1 Å². The van der Waals surface area contributed by atoms with Gasteiger partial charge in [0.25, 0.3) is 0 Å². The number of benzene rings is 1. The van der Waals surface area contributed by atoms with Crippen LogP contribution in [0.2, 0.25) is 0 Å². The van der Waals surface area contributed by atoms with Crippen LogP contribution in [-0.2, 0) is 0 Å². The fourth-order valence-electron chi connectivity index (χ4n) is 2.38. The van der Waals surface area contributed by atoms with Crippen molar-refractivity contribution in [2.75, 3.05) is 0 Å². The maximum Gasteiger partial charge on any atom is 0.0709 e. The third-order valence-electron chi connectivity index (χ3n) is 3.53. The zero-order chi connectivity index (χ0) is 12.5. The molecule has 0 amide bonds. The Morgan fingerprint density at radius 3 is 2.61 bits per heavy atom. The van der Waals surface area contributed by atoms with E-state index >= 15 is 0 Å². The third kappa shape index (κ3) is 2.08. The molecule has 0 bridgehead atoms. The van der Waals surface area contributed by atoms with Crippen LogP contribution in [0.25, 0.3) is 16.5 Å². The normalized spacial score (nSPS) is 15.4. The Bertz CT molecular complexity index is 662. The first-order valence-corrected chi connectivity index (χ1v) is 6.46. The van der Waals surface area contributed by atoms with E-state index in [-0.39, 0.29) is 0 Å². The number of rotatable bonds is 1. The number of fused-ring (bicyclic) bond motifs is 1. The van der Waals surface area contributed by atoms with Crippen molar-refractivity contribution in [2.24, 2.45) is 0 Å². The lowest BCUT2D eigenvalue weighted by Gasteiger charge is -2.12. The molecule has 1 heterocycles. The second-order valence-corrected chi connectivity index (χ2v) is 5.10. The molecule has 0 aliphatic heterocycles. The van der Waals surface area contributed by atoms with Gasteiger partial charge in [0.05, 0.1) is 11.2 Å². The first-order chi connectivity index (χ1) is 8.72. The van der Waals surface area contributed by atoms with Gasteiger partial charge < -0.3 is 0 Å². The van der Waals surface area contributed by atoms with E-state index in [1.54, 1.807) is 0 Å². The summed E-state index contributed by atoms with van der Waals surface area (Å²) in [5.74, 6) is 0. The van der Waals surface area contributed by atoms with Crippen LogP contribution < -0.4 is 0 Å². The van der Waals surface area contributed by atoms with Gasteiger partial charge in [-0.2, -0.15) is 0 Å². The largest absolute Gasteiger partial charge is 0.248 e. The van der Waals surface area contributed by atoms with Crippen LogP contribution in [-0.4, -0.2) is 4.98 Å². The first kappa shape index (κ1) is 11.2. The fraction of sp³-hybridized carbons (Fsp3) is 0.235. The van der Waals surface area contributed by atoms with Crippen molar-refractivity contribution in [2.45, 2.75) is 26.7 Å². The van der Waals surface area contributed by atoms with Crippen molar-refractivity contribution in [3.63, 3.8) is 0 Å². The highest BCUT2D eigenvalue weighted by atomic mass is 14.7. The zero-order valence-electron chi connectivity index (χ0n) is 10.9. The van der Waals surface area contributed by atoms with Gasteiger partial charge in [-0.1, -0.05) is 35.4 Å². The lowest BCUT2D eigenvalue weighted by Crippen LogP contribution is -1.94. The molecule has 3 rings (SSSR count). The van der Waals surface area contributed by atoms with Crippen molar-refractivity contribution in [3.8, 4) is 0 Å². The van der Waals surface area contributed by atoms with Crippen molar-refractivity contribution >= 4 is 16.5 Å². The SMILES string of the molecule is CC1=CC=C(c2ccc3cc(C)ccc3n2)CC1. The zero-order valence-corrected chi connectivity index (χ0v) is 10.9. The Balaban J connectivity index is 2.06. The molecule has 0 radical (unpaired) electrons. The second kappa shape index (κ2) is 4.41. The standard InChI is InChI=1S/C17H17N/c1-12-3-6-14(7-4-12)16-10-8-15-11-13(2)5-9-17(15)18-16/h3,5-6,8-11H,4,7H2,1-2H3. The molecule has 1 aromatic carbocycles. The minimum atomic E-state index is 1.09. The summed E-state index contributed by atoms with van der Waals surface area (Å²) >= 11 is 0. The molecule has 0 saturated carbocycles. The van der Waals surface area contributed by atoms with E-state index in [1.807, 2.05) is 0 Å². The second-order valence-electron chi connectivity index (χ2n) is 5.10. The predicted molar refractivity (Wildman–Crippen MR) is 77.4 cm³/mol. The van der Waals surface area contributed by atoms with Gasteiger partial charge in [-0.3, -0.25) is 0 Å². The molecule has 1 aliphatic rings. The van der Waals surface area contributed by atoms with E-state index in [9.17, 15) is 0 Å². The number of allylic oxidation sites excluding steroid dienone is 4.